The van der Waals surface area contributed by atoms with Gasteiger partial charge in [0.2, 0.25) is 0 Å². The molecule has 0 aromatic rings. The zero-order chi connectivity index (χ0) is 12.6. The van der Waals surface area contributed by atoms with E-state index in [9.17, 15) is 0 Å². The van der Waals surface area contributed by atoms with E-state index in [0.29, 0.717) is 10.8 Å². The van der Waals surface area contributed by atoms with Crippen molar-refractivity contribution in [3.05, 3.63) is 0 Å². The molecule has 0 aromatic heterocycles. The van der Waals surface area contributed by atoms with Crippen molar-refractivity contribution in [2.45, 2.75) is 74.1 Å². The molecule has 1 aliphatic rings. The Hall–Kier alpha value is 0. The molecule has 96 valence electrons. The maximum Gasteiger partial charge on any atom is -0.0190 e. The van der Waals surface area contributed by atoms with Gasteiger partial charge in [-0.25, -0.2) is 0 Å². The first-order valence-electron chi connectivity index (χ1n) is 7.46. The van der Waals surface area contributed by atoms with E-state index >= 15 is 0 Å². The Labute approximate surface area is 103 Å². The predicted octanol–water partition coefficient (Wildman–Crippen LogP) is 5.52. The Balaban J connectivity index is 3.09. The molecular formula is C16H32. The summed E-state index contributed by atoms with van der Waals surface area (Å²) in [5.41, 5.74) is 1.20. The van der Waals surface area contributed by atoms with Crippen LogP contribution in [0.3, 0.4) is 0 Å². The summed E-state index contributed by atoms with van der Waals surface area (Å²) in [6, 6.07) is 0. The van der Waals surface area contributed by atoms with Gasteiger partial charge in [-0.1, -0.05) is 61.3 Å². The van der Waals surface area contributed by atoms with Gasteiger partial charge in [0.15, 0.2) is 0 Å². The Morgan fingerprint density at radius 1 is 1.06 bits per heavy atom. The van der Waals surface area contributed by atoms with E-state index in [1.165, 1.54) is 25.7 Å². The summed E-state index contributed by atoms with van der Waals surface area (Å²) in [7, 11) is 0. The van der Waals surface area contributed by atoms with Crippen LogP contribution in [0, 0.1) is 28.6 Å². The maximum absolute atomic E-state index is 2.57. The fourth-order valence-corrected chi connectivity index (χ4v) is 5.53. The third-order valence-corrected chi connectivity index (χ3v) is 6.55. The van der Waals surface area contributed by atoms with Crippen molar-refractivity contribution in [1.82, 2.24) is 0 Å². The maximum atomic E-state index is 2.57. The van der Waals surface area contributed by atoms with Crippen LogP contribution in [-0.4, -0.2) is 0 Å². The molecule has 0 aromatic carbocycles. The molecule has 1 aliphatic carbocycles. The average Bonchev–Trinajstić information content (AvgIpc) is 2.30. The lowest BCUT2D eigenvalue weighted by molar-refractivity contribution is -0.228. The van der Waals surface area contributed by atoms with Crippen LogP contribution in [0.15, 0.2) is 0 Å². The van der Waals surface area contributed by atoms with E-state index in [2.05, 4.69) is 48.5 Å². The lowest BCUT2D eigenvalue weighted by Gasteiger charge is -2.71. The molecule has 0 N–H and O–H groups in total. The Morgan fingerprint density at radius 2 is 1.62 bits per heavy atom. The van der Waals surface area contributed by atoms with E-state index in [-0.39, 0.29) is 0 Å². The Morgan fingerprint density at radius 3 is 1.94 bits per heavy atom. The summed E-state index contributed by atoms with van der Waals surface area (Å²) < 4.78 is 0. The van der Waals surface area contributed by atoms with Crippen molar-refractivity contribution in [3.63, 3.8) is 0 Å². The fraction of sp³-hybridized carbons (Fsp3) is 1.00. The highest BCUT2D eigenvalue weighted by atomic mass is 14.7. The lowest BCUT2D eigenvalue weighted by Crippen LogP contribution is -2.65. The molecule has 16 heavy (non-hydrogen) atoms. The molecule has 0 nitrogen and oxygen atoms in total. The lowest BCUT2D eigenvalue weighted by atomic mass is 9.34. The molecule has 1 rings (SSSR count). The fourth-order valence-electron chi connectivity index (χ4n) is 5.53. The van der Waals surface area contributed by atoms with E-state index in [0.717, 1.165) is 17.8 Å². The summed E-state index contributed by atoms with van der Waals surface area (Å²) in [6.45, 7) is 17.1. The van der Waals surface area contributed by atoms with Gasteiger partial charge in [0.25, 0.3) is 0 Å². The van der Waals surface area contributed by atoms with Gasteiger partial charge in [0, 0.05) is 0 Å². The van der Waals surface area contributed by atoms with Crippen molar-refractivity contribution in [1.29, 1.82) is 0 Å². The summed E-state index contributed by atoms with van der Waals surface area (Å²) in [4.78, 5) is 0. The first kappa shape index (κ1) is 14.1. The van der Waals surface area contributed by atoms with Crippen molar-refractivity contribution in [3.8, 4) is 0 Å². The molecule has 5 unspecified atom stereocenters. The highest BCUT2D eigenvalue weighted by molar-refractivity contribution is 5.13. The second kappa shape index (κ2) is 4.70. The number of hydrogen-bond acceptors (Lipinski definition) is 0. The third kappa shape index (κ3) is 1.41. The molecule has 0 spiro atoms. The van der Waals surface area contributed by atoms with Crippen LogP contribution in [-0.2, 0) is 0 Å². The summed E-state index contributed by atoms with van der Waals surface area (Å²) in [5, 5.41) is 0. The minimum Gasteiger partial charge on any atom is -0.0651 e. The second-order valence-electron chi connectivity index (χ2n) is 6.28. The summed E-state index contributed by atoms with van der Waals surface area (Å²) in [5.74, 6) is 2.74. The van der Waals surface area contributed by atoms with Crippen molar-refractivity contribution >= 4 is 0 Å². The Bertz CT molecular complexity index is 232. The second-order valence-corrected chi connectivity index (χ2v) is 6.28. The molecule has 0 heterocycles. The molecule has 0 saturated heterocycles. The van der Waals surface area contributed by atoms with Crippen LogP contribution >= 0.6 is 0 Å². The SMILES string of the molecule is CCC1C(C)C(CC)(C(C)CC)C1(C)CC. The van der Waals surface area contributed by atoms with E-state index in [1.807, 2.05) is 0 Å². The Kier molecular flexibility index (Phi) is 4.13. The highest BCUT2D eigenvalue weighted by Gasteiger charge is 2.65. The number of hydrogen-bond donors (Lipinski definition) is 0. The van der Waals surface area contributed by atoms with Gasteiger partial charge in [0.05, 0.1) is 0 Å². The predicted molar refractivity (Wildman–Crippen MR) is 73.5 cm³/mol. The zero-order valence-electron chi connectivity index (χ0n) is 12.6. The van der Waals surface area contributed by atoms with Crippen molar-refractivity contribution in [2.75, 3.05) is 0 Å². The molecule has 1 saturated carbocycles. The molecular weight excluding hydrogens is 192 g/mol. The molecule has 1 fully saturated rings. The zero-order valence-corrected chi connectivity index (χ0v) is 12.6. The van der Waals surface area contributed by atoms with Crippen LogP contribution in [0.1, 0.15) is 74.1 Å². The van der Waals surface area contributed by atoms with Gasteiger partial charge < -0.3 is 0 Å². The van der Waals surface area contributed by atoms with Gasteiger partial charge >= 0.3 is 0 Å². The minimum atomic E-state index is 0.589. The van der Waals surface area contributed by atoms with E-state index in [4.69, 9.17) is 0 Å². The third-order valence-electron chi connectivity index (χ3n) is 6.55. The van der Waals surface area contributed by atoms with Gasteiger partial charge in [-0.3, -0.25) is 0 Å². The van der Waals surface area contributed by atoms with Gasteiger partial charge in [-0.05, 0) is 41.4 Å². The molecule has 0 bridgehead atoms. The van der Waals surface area contributed by atoms with Crippen LogP contribution in [0.2, 0.25) is 0 Å². The largest absolute Gasteiger partial charge is 0.0651 e. The normalized spacial score (nSPS) is 45.2. The summed E-state index contributed by atoms with van der Waals surface area (Å²) in [6.07, 6.45) is 5.42. The molecule has 5 atom stereocenters. The molecule has 0 amide bonds. The smallest absolute Gasteiger partial charge is 0.0190 e. The van der Waals surface area contributed by atoms with E-state index < -0.39 is 0 Å². The van der Waals surface area contributed by atoms with Crippen molar-refractivity contribution < 1.29 is 0 Å². The minimum absolute atomic E-state index is 0.589. The first-order valence-corrected chi connectivity index (χ1v) is 7.46. The van der Waals surface area contributed by atoms with Gasteiger partial charge in [-0.15, -0.1) is 0 Å². The molecule has 0 heteroatoms. The van der Waals surface area contributed by atoms with Gasteiger partial charge in [-0.2, -0.15) is 0 Å². The average molecular weight is 224 g/mol. The van der Waals surface area contributed by atoms with Gasteiger partial charge in [0.1, 0.15) is 0 Å². The standard InChI is InChI=1S/C16H32/c1-8-12(5)16(11-4)13(6)14(9-2)15(16,7)10-3/h12-14H,8-11H2,1-7H3. The van der Waals surface area contributed by atoms with Crippen LogP contribution in [0.25, 0.3) is 0 Å². The first-order chi connectivity index (χ1) is 7.46. The van der Waals surface area contributed by atoms with Crippen LogP contribution < -0.4 is 0 Å². The highest BCUT2D eigenvalue weighted by Crippen LogP contribution is 2.71. The molecule has 0 radical (unpaired) electrons. The van der Waals surface area contributed by atoms with Crippen LogP contribution in [0.4, 0.5) is 0 Å². The molecule has 0 aliphatic heterocycles. The van der Waals surface area contributed by atoms with E-state index in [1.54, 1.807) is 0 Å². The van der Waals surface area contributed by atoms with Crippen molar-refractivity contribution in [2.24, 2.45) is 28.6 Å². The monoisotopic (exact) mass is 224 g/mol. The number of rotatable bonds is 5. The summed E-state index contributed by atoms with van der Waals surface area (Å²) >= 11 is 0. The quantitative estimate of drug-likeness (QED) is 0.576. The topological polar surface area (TPSA) is 0 Å². The van der Waals surface area contributed by atoms with Crippen LogP contribution in [0.5, 0.6) is 0 Å².